The molecule has 3 N–H and O–H groups in total. The number of hydrogen-bond acceptors (Lipinski definition) is 4. The maximum Gasteiger partial charge on any atom is 0.161 e. The van der Waals surface area contributed by atoms with E-state index in [1.165, 1.54) is 6.42 Å². The predicted octanol–water partition coefficient (Wildman–Crippen LogP) is 1.86. The minimum Gasteiger partial charge on any atom is -0.493 e. The second-order valence-electron chi connectivity index (χ2n) is 4.64. The average Bonchev–Trinajstić information content (AvgIpc) is 3.07. The Morgan fingerprint density at radius 1 is 1.29 bits per heavy atom. The molecule has 3 atom stereocenters. The second-order valence-corrected chi connectivity index (χ2v) is 4.64. The van der Waals surface area contributed by atoms with Crippen LogP contribution in [0.4, 0.5) is 0 Å². The molecule has 2 rings (SSSR count). The van der Waals surface area contributed by atoms with E-state index in [0.717, 1.165) is 23.0 Å². The Labute approximate surface area is 102 Å². The Kier molecular flexibility index (Phi) is 3.54. The van der Waals surface area contributed by atoms with E-state index in [1.807, 2.05) is 18.2 Å². The summed E-state index contributed by atoms with van der Waals surface area (Å²) >= 11 is 0. The van der Waals surface area contributed by atoms with Gasteiger partial charge in [0.1, 0.15) is 0 Å². The Morgan fingerprint density at radius 2 is 1.94 bits per heavy atom. The van der Waals surface area contributed by atoms with Crippen molar-refractivity contribution in [2.24, 2.45) is 17.7 Å². The summed E-state index contributed by atoms with van der Waals surface area (Å²) in [5, 5.41) is 0. The van der Waals surface area contributed by atoms with Crippen molar-refractivity contribution in [1.29, 1.82) is 0 Å². The summed E-state index contributed by atoms with van der Waals surface area (Å²) in [6.45, 7) is 2.25. The molecule has 94 valence electrons. The van der Waals surface area contributed by atoms with Crippen molar-refractivity contribution in [1.82, 2.24) is 5.43 Å². The zero-order valence-electron chi connectivity index (χ0n) is 10.6. The maximum atomic E-state index is 5.65. The van der Waals surface area contributed by atoms with Crippen LogP contribution >= 0.6 is 0 Å². The number of benzene rings is 1. The smallest absolute Gasteiger partial charge is 0.161 e. The highest BCUT2D eigenvalue weighted by atomic mass is 16.5. The van der Waals surface area contributed by atoms with Gasteiger partial charge in [-0.05, 0) is 36.0 Å². The molecular weight excluding hydrogens is 216 g/mol. The summed E-state index contributed by atoms with van der Waals surface area (Å²) in [4.78, 5) is 0. The molecule has 0 aliphatic heterocycles. The molecule has 1 aliphatic carbocycles. The third-order valence-corrected chi connectivity index (χ3v) is 3.55. The SMILES string of the molecule is COc1ccc(C(NN)C2CC2C)cc1OC. The molecule has 4 nitrogen and oxygen atoms in total. The molecule has 1 aromatic carbocycles. The highest BCUT2D eigenvalue weighted by molar-refractivity contribution is 5.44. The quantitative estimate of drug-likeness (QED) is 0.605. The van der Waals surface area contributed by atoms with Crippen molar-refractivity contribution in [3.8, 4) is 11.5 Å². The molecule has 17 heavy (non-hydrogen) atoms. The third kappa shape index (κ3) is 2.37. The zero-order valence-corrected chi connectivity index (χ0v) is 10.6. The van der Waals surface area contributed by atoms with Gasteiger partial charge in [-0.25, -0.2) is 0 Å². The lowest BCUT2D eigenvalue weighted by molar-refractivity contribution is 0.353. The summed E-state index contributed by atoms with van der Waals surface area (Å²) in [6.07, 6.45) is 1.23. The second kappa shape index (κ2) is 4.94. The van der Waals surface area contributed by atoms with Gasteiger partial charge in [-0.2, -0.15) is 0 Å². The van der Waals surface area contributed by atoms with E-state index in [9.17, 15) is 0 Å². The first-order valence-corrected chi connectivity index (χ1v) is 5.89. The van der Waals surface area contributed by atoms with Gasteiger partial charge in [-0.1, -0.05) is 13.0 Å². The van der Waals surface area contributed by atoms with Crippen molar-refractivity contribution in [2.75, 3.05) is 14.2 Å². The topological polar surface area (TPSA) is 56.5 Å². The molecule has 0 bridgehead atoms. The van der Waals surface area contributed by atoms with E-state index < -0.39 is 0 Å². The number of hydrogen-bond donors (Lipinski definition) is 2. The number of nitrogens with one attached hydrogen (secondary N) is 1. The number of nitrogens with two attached hydrogens (primary N) is 1. The Balaban J connectivity index is 2.25. The molecule has 0 heterocycles. The van der Waals surface area contributed by atoms with Gasteiger partial charge in [0.15, 0.2) is 11.5 Å². The van der Waals surface area contributed by atoms with Crippen LogP contribution in [-0.4, -0.2) is 14.2 Å². The van der Waals surface area contributed by atoms with E-state index in [-0.39, 0.29) is 6.04 Å². The summed E-state index contributed by atoms with van der Waals surface area (Å²) in [6, 6.07) is 6.15. The molecule has 1 aromatic rings. The molecule has 0 saturated heterocycles. The van der Waals surface area contributed by atoms with Gasteiger partial charge in [-0.15, -0.1) is 0 Å². The first kappa shape index (κ1) is 12.2. The molecular formula is C13H20N2O2. The first-order chi connectivity index (χ1) is 8.21. The molecule has 4 heteroatoms. The van der Waals surface area contributed by atoms with Gasteiger partial charge >= 0.3 is 0 Å². The van der Waals surface area contributed by atoms with Crippen molar-refractivity contribution >= 4 is 0 Å². The Bertz CT molecular complexity index is 395. The normalized spacial score (nSPS) is 24.2. The van der Waals surface area contributed by atoms with Gasteiger partial charge in [0.2, 0.25) is 0 Å². The largest absolute Gasteiger partial charge is 0.493 e. The van der Waals surface area contributed by atoms with Gasteiger partial charge in [-0.3, -0.25) is 11.3 Å². The summed E-state index contributed by atoms with van der Waals surface area (Å²) in [5.41, 5.74) is 4.06. The van der Waals surface area contributed by atoms with Crippen LogP contribution in [0.1, 0.15) is 24.9 Å². The molecule has 0 radical (unpaired) electrons. The molecule has 0 spiro atoms. The Morgan fingerprint density at radius 3 is 2.41 bits per heavy atom. The monoisotopic (exact) mass is 236 g/mol. The minimum absolute atomic E-state index is 0.199. The number of hydrazine groups is 1. The van der Waals surface area contributed by atoms with E-state index in [4.69, 9.17) is 15.3 Å². The van der Waals surface area contributed by atoms with Gasteiger partial charge in [0.25, 0.3) is 0 Å². The van der Waals surface area contributed by atoms with Crippen molar-refractivity contribution < 1.29 is 9.47 Å². The van der Waals surface area contributed by atoms with Crippen LogP contribution < -0.4 is 20.7 Å². The third-order valence-electron chi connectivity index (χ3n) is 3.55. The van der Waals surface area contributed by atoms with E-state index in [0.29, 0.717) is 5.92 Å². The van der Waals surface area contributed by atoms with Gasteiger partial charge in [0.05, 0.1) is 14.2 Å². The highest BCUT2D eigenvalue weighted by Crippen LogP contribution is 2.47. The van der Waals surface area contributed by atoms with Gasteiger partial charge in [0, 0.05) is 6.04 Å². The molecule has 1 fully saturated rings. The van der Waals surface area contributed by atoms with E-state index in [1.54, 1.807) is 14.2 Å². The lowest BCUT2D eigenvalue weighted by Crippen LogP contribution is -2.29. The van der Waals surface area contributed by atoms with E-state index >= 15 is 0 Å². The molecule has 0 amide bonds. The van der Waals surface area contributed by atoms with Crippen LogP contribution in [0.25, 0.3) is 0 Å². The molecule has 1 aliphatic rings. The lowest BCUT2D eigenvalue weighted by atomic mass is 10.0. The molecule has 0 aromatic heterocycles. The van der Waals surface area contributed by atoms with Crippen LogP contribution in [0.3, 0.4) is 0 Å². The van der Waals surface area contributed by atoms with Crippen molar-refractivity contribution in [3.63, 3.8) is 0 Å². The maximum absolute atomic E-state index is 5.65. The standard InChI is InChI=1S/C13H20N2O2/c1-8-6-10(8)13(15-14)9-4-5-11(16-2)12(7-9)17-3/h4-5,7-8,10,13,15H,6,14H2,1-3H3. The summed E-state index contributed by atoms with van der Waals surface area (Å²) in [7, 11) is 3.28. The van der Waals surface area contributed by atoms with Crippen molar-refractivity contribution in [2.45, 2.75) is 19.4 Å². The van der Waals surface area contributed by atoms with Crippen LogP contribution in [0.15, 0.2) is 18.2 Å². The van der Waals surface area contributed by atoms with Crippen molar-refractivity contribution in [3.05, 3.63) is 23.8 Å². The molecule has 3 unspecified atom stereocenters. The van der Waals surface area contributed by atoms with E-state index in [2.05, 4.69) is 12.3 Å². The summed E-state index contributed by atoms with van der Waals surface area (Å²) in [5.74, 6) is 8.51. The lowest BCUT2D eigenvalue weighted by Gasteiger charge is -2.18. The fourth-order valence-electron chi connectivity index (χ4n) is 2.33. The molecule has 1 saturated carbocycles. The van der Waals surface area contributed by atoms with Crippen LogP contribution in [0, 0.1) is 11.8 Å². The zero-order chi connectivity index (χ0) is 12.4. The average molecular weight is 236 g/mol. The van der Waals surface area contributed by atoms with Crippen LogP contribution in [0.2, 0.25) is 0 Å². The first-order valence-electron chi connectivity index (χ1n) is 5.89. The van der Waals surface area contributed by atoms with Gasteiger partial charge < -0.3 is 9.47 Å². The highest BCUT2D eigenvalue weighted by Gasteiger charge is 2.39. The minimum atomic E-state index is 0.199. The fourth-order valence-corrected chi connectivity index (χ4v) is 2.33. The van der Waals surface area contributed by atoms with Crippen LogP contribution in [0.5, 0.6) is 11.5 Å². The number of rotatable bonds is 5. The summed E-state index contributed by atoms with van der Waals surface area (Å²) < 4.78 is 10.5. The fraction of sp³-hybridized carbons (Fsp3) is 0.538. The Hall–Kier alpha value is -1.26. The van der Waals surface area contributed by atoms with Crippen LogP contribution in [-0.2, 0) is 0 Å². The number of methoxy groups -OCH3 is 2. The predicted molar refractivity (Wildman–Crippen MR) is 66.9 cm³/mol. The number of ether oxygens (including phenoxy) is 2.